The van der Waals surface area contributed by atoms with Gasteiger partial charge in [-0.2, -0.15) is 0 Å². The Hall–Kier alpha value is -2.90. The fourth-order valence-electron chi connectivity index (χ4n) is 3.90. The van der Waals surface area contributed by atoms with Gasteiger partial charge in [0.15, 0.2) is 0 Å². The second-order valence-electron chi connectivity index (χ2n) is 7.30. The van der Waals surface area contributed by atoms with Crippen LogP contribution in [0.2, 0.25) is 5.02 Å². The lowest BCUT2D eigenvalue weighted by Crippen LogP contribution is -2.49. The van der Waals surface area contributed by atoms with Crippen molar-refractivity contribution in [1.82, 2.24) is 19.4 Å². The predicted molar refractivity (Wildman–Crippen MR) is 121 cm³/mol. The van der Waals surface area contributed by atoms with Crippen molar-refractivity contribution < 1.29 is 4.79 Å². The molecule has 0 atom stereocenters. The van der Waals surface area contributed by atoms with Gasteiger partial charge in [0, 0.05) is 62.0 Å². The highest BCUT2D eigenvalue weighted by Crippen LogP contribution is 2.32. The number of hydrogen-bond donors (Lipinski definition) is 0. The topological polar surface area (TPSA) is 54.3 Å². The molecule has 0 bridgehead atoms. The fraction of sp³-hybridized carbons (Fsp3) is 0.227. The number of carbonyl (C=O) groups is 1. The molecule has 0 aliphatic carbocycles. The summed E-state index contributed by atoms with van der Waals surface area (Å²) in [7, 11) is 1.97. The molecule has 8 heteroatoms. The predicted octanol–water partition coefficient (Wildman–Crippen LogP) is 4.31. The summed E-state index contributed by atoms with van der Waals surface area (Å²) >= 11 is 7.81. The van der Waals surface area contributed by atoms with E-state index in [0.717, 1.165) is 45.4 Å². The number of halogens is 1. The van der Waals surface area contributed by atoms with Crippen molar-refractivity contribution >= 4 is 45.6 Å². The molecule has 0 radical (unpaired) electrons. The molecule has 1 aliphatic heterocycles. The highest BCUT2D eigenvalue weighted by molar-refractivity contribution is 7.13. The number of amides is 1. The normalized spacial score (nSPS) is 14.5. The number of aryl methyl sites for hydroxylation is 1. The Morgan fingerprint density at radius 2 is 1.90 bits per heavy atom. The average molecular weight is 438 g/mol. The van der Waals surface area contributed by atoms with Crippen LogP contribution in [0.5, 0.6) is 0 Å². The van der Waals surface area contributed by atoms with E-state index >= 15 is 0 Å². The van der Waals surface area contributed by atoms with Crippen LogP contribution in [-0.2, 0) is 7.05 Å². The van der Waals surface area contributed by atoms with Gasteiger partial charge in [-0.05, 0) is 24.3 Å². The van der Waals surface area contributed by atoms with Crippen LogP contribution in [-0.4, -0.2) is 51.5 Å². The summed E-state index contributed by atoms with van der Waals surface area (Å²) in [5.74, 6) is -0.0188. The molecule has 0 spiro atoms. The van der Waals surface area contributed by atoms with Gasteiger partial charge in [-0.1, -0.05) is 23.7 Å². The SMILES string of the molecule is Cn1cc(-c2nc(C(=O)N3CCN(c4ccccc4Cl)CC3)cs2)c2cccnc21. The average Bonchev–Trinajstić information content (AvgIpc) is 3.39. The Bertz CT molecular complexity index is 1230. The van der Waals surface area contributed by atoms with Crippen LogP contribution in [0.1, 0.15) is 10.5 Å². The number of rotatable bonds is 3. The largest absolute Gasteiger partial charge is 0.367 e. The maximum atomic E-state index is 13.0. The van der Waals surface area contributed by atoms with Crippen LogP contribution in [0.25, 0.3) is 21.6 Å². The summed E-state index contributed by atoms with van der Waals surface area (Å²) in [6, 6.07) is 11.8. The van der Waals surface area contributed by atoms with E-state index in [4.69, 9.17) is 11.6 Å². The van der Waals surface area contributed by atoms with E-state index in [-0.39, 0.29) is 5.91 Å². The molecule has 30 heavy (non-hydrogen) atoms. The number of pyridine rings is 1. The first kappa shape index (κ1) is 19.1. The van der Waals surface area contributed by atoms with E-state index in [0.29, 0.717) is 18.8 Å². The van der Waals surface area contributed by atoms with Gasteiger partial charge in [0.2, 0.25) is 0 Å². The van der Waals surface area contributed by atoms with Gasteiger partial charge in [0.05, 0.1) is 10.7 Å². The van der Waals surface area contributed by atoms with Gasteiger partial charge in [0.1, 0.15) is 16.3 Å². The summed E-state index contributed by atoms with van der Waals surface area (Å²) in [6.45, 7) is 2.80. The zero-order valence-corrected chi connectivity index (χ0v) is 18.0. The lowest BCUT2D eigenvalue weighted by atomic mass is 10.2. The molecular weight excluding hydrogens is 418 g/mol. The Labute approximate surface area is 183 Å². The third-order valence-electron chi connectivity index (χ3n) is 5.45. The number of benzene rings is 1. The summed E-state index contributed by atoms with van der Waals surface area (Å²) in [6.07, 6.45) is 3.80. The molecule has 1 saturated heterocycles. The highest BCUT2D eigenvalue weighted by Gasteiger charge is 2.25. The van der Waals surface area contributed by atoms with Crippen LogP contribution in [0.3, 0.4) is 0 Å². The Morgan fingerprint density at radius 1 is 1.10 bits per heavy atom. The van der Waals surface area contributed by atoms with Crippen molar-refractivity contribution in [1.29, 1.82) is 0 Å². The number of piperazine rings is 1. The van der Waals surface area contributed by atoms with Crippen molar-refractivity contribution in [2.75, 3.05) is 31.1 Å². The van der Waals surface area contributed by atoms with E-state index in [1.165, 1.54) is 11.3 Å². The van der Waals surface area contributed by atoms with Gasteiger partial charge < -0.3 is 14.4 Å². The molecule has 1 aliphatic rings. The van der Waals surface area contributed by atoms with Crippen LogP contribution in [0, 0.1) is 0 Å². The molecule has 6 nitrogen and oxygen atoms in total. The molecule has 0 N–H and O–H groups in total. The van der Waals surface area contributed by atoms with Crippen molar-refractivity contribution in [2.24, 2.45) is 7.05 Å². The second-order valence-corrected chi connectivity index (χ2v) is 8.56. The molecule has 0 saturated carbocycles. The molecule has 3 aromatic heterocycles. The van der Waals surface area contributed by atoms with E-state index in [9.17, 15) is 4.79 Å². The van der Waals surface area contributed by atoms with Crippen molar-refractivity contribution in [3.63, 3.8) is 0 Å². The van der Waals surface area contributed by atoms with Crippen LogP contribution in [0.15, 0.2) is 54.2 Å². The smallest absolute Gasteiger partial charge is 0.273 e. The summed E-state index contributed by atoms with van der Waals surface area (Å²) in [4.78, 5) is 26.2. The number of hydrogen-bond acceptors (Lipinski definition) is 5. The fourth-order valence-corrected chi connectivity index (χ4v) is 4.97. The molecule has 5 rings (SSSR count). The zero-order chi connectivity index (χ0) is 20.7. The molecule has 1 aromatic carbocycles. The Morgan fingerprint density at radius 3 is 2.70 bits per heavy atom. The minimum atomic E-state index is -0.0188. The van der Waals surface area contributed by atoms with Crippen LogP contribution in [0.4, 0.5) is 5.69 Å². The first-order chi connectivity index (χ1) is 14.6. The van der Waals surface area contributed by atoms with Crippen LogP contribution >= 0.6 is 22.9 Å². The number of para-hydroxylation sites is 1. The lowest BCUT2D eigenvalue weighted by Gasteiger charge is -2.36. The molecule has 1 fully saturated rings. The third kappa shape index (κ3) is 3.34. The number of thiazole rings is 1. The van der Waals surface area contributed by atoms with Crippen LogP contribution < -0.4 is 4.90 Å². The number of anilines is 1. The molecule has 152 valence electrons. The molecule has 4 heterocycles. The Balaban J connectivity index is 1.32. The Kier molecular flexibility index (Phi) is 4.92. The zero-order valence-electron chi connectivity index (χ0n) is 16.5. The van der Waals surface area contributed by atoms with Gasteiger partial charge in [-0.15, -0.1) is 11.3 Å². The maximum absolute atomic E-state index is 13.0. The summed E-state index contributed by atoms with van der Waals surface area (Å²) in [5.41, 5.74) is 3.44. The summed E-state index contributed by atoms with van der Waals surface area (Å²) < 4.78 is 1.99. The quantitative estimate of drug-likeness (QED) is 0.479. The van der Waals surface area contributed by atoms with E-state index < -0.39 is 0 Å². The number of fused-ring (bicyclic) bond motifs is 1. The van der Waals surface area contributed by atoms with Gasteiger partial charge in [-0.25, -0.2) is 9.97 Å². The maximum Gasteiger partial charge on any atom is 0.273 e. The second kappa shape index (κ2) is 7.74. The molecule has 0 unspecified atom stereocenters. The monoisotopic (exact) mass is 437 g/mol. The van der Waals surface area contributed by atoms with Gasteiger partial charge >= 0.3 is 0 Å². The molecule has 1 amide bonds. The number of aromatic nitrogens is 3. The number of nitrogens with zero attached hydrogens (tertiary/aromatic N) is 5. The van der Waals surface area contributed by atoms with Gasteiger partial charge in [0.25, 0.3) is 5.91 Å². The van der Waals surface area contributed by atoms with Crippen molar-refractivity contribution in [2.45, 2.75) is 0 Å². The van der Waals surface area contributed by atoms with Crippen molar-refractivity contribution in [3.8, 4) is 10.6 Å². The van der Waals surface area contributed by atoms with Crippen molar-refractivity contribution in [3.05, 3.63) is 64.9 Å². The summed E-state index contributed by atoms with van der Waals surface area (Å²) in [5, 5.41) is 4.48. The van der Waals surface area contributed by atoms with E-state index in [1.807, 2.05) is 64.5 Å². The first-order valence-corrected chi connectivity index (χ1v) is 11.0. The third-order valence-corrected chi connectivity index (χ3v) is 6.64. The first-order valence-electron chi connectivity index (χ1n) is 9.76. The van der Waals surface area contributed by atoms with E-state index in [2.05, 4.69) is 14.9 Å². The van der Waals surface area contributed by atoms with E-state index in [1.54, 1.807) is 6.20 Å². The minimum absolute atomic E-state index is 0.0188. The van der Waals surface area contributed by atoms with Gasteiger partial charge in [-0.3, -0.25) is 4.79 Å². The molecular formula is C22H20ClN5OS. The molecule has 4 aromatic rings. The lowest BCUT2D eigenvalue weighted by molar-refractivity contribution is 0.0742. The highest BCUT2D eigenvalue weighted by atomic mass is 35.5. The number of carbonyl (C=O) groups excluding carboxylic acids is 1. The minimum Gasteiger partial charge on any atom is -0.367 e. The standard InChI is InChI=1S/C22H20ClN5OS/c1-26-13-16(15-5-4-8-24-20(15)26)21-25-18(14-30-21)22(29)28-11-9-27(10-12-28)19-7-3-2-6-17(19)23/h2-8,13-14H,9-12H2,1H3.